The average Bonchev–Trinajstić information content (AvgIpc) is 2.67. The maximum atomic E-state index is 11.9. The molecule has 2 aliphatic rings. The number of piperidine rings is 1. The van der Waals surface area contributed by atoms with E-state index in [9.17, 15) is 4.79 Å². The van der Waals surface area contributed by atoms with Gasteiger partial charge in [0.2, 0.25) is 0 Å². The Hall–Kier alpha value is -1.92. The summed E-state index contributed by atoms with van der Waals surface area (Å²) >= 11 is 0. The zero-order valence-electron chi connectivity index (χ0n) is 14.8. The summed E-state index contributed by atoms with van der Waals surface area (Å²) in [4.78, 5) is 21.3. The molecule has 0 spiro atoms. The molecule has 0 radical (unpaired) electrons. The number of carbonyl (C=O) groups is 1. The number of nitrogens with one attached hydrogen (secondary N) is 1. The van der Waals surface area contributed by atoms with Gasteiger partial charge < -0.3 is 15.0 Å². The first-order valence-electron chi connectivity index (χ1n) is 9.16. The van der Waals surface area contributed by atoms with Crippen LogP contribution in [0, 0.1) is 5.92 Å². The van der Waals surface area contributed by atoms with Gasteiger partial charge >= 0.3 is 0 Å². The minimum absolute atomic E-state index is 0.109. The third-order valence-electron chi connectivity index (χ3n) is 4.88. The van der Waals surface area contributed by atoms with Gasteiger partial charge in [0.25, 0.3) is 5.91 Å². The van der Waals surface area contributed by atoms with E-state index in [2.05, 4.69) is 26.7 Å². The molecule has 25 heavy (non-hydrogen) atoms. The van der Waals surface area contributed by atoms with Crippen LogP contribution in [0.15, 0.2) is 31.0 Å². The van der Waals surface area contributed by atoms with E-state index >= 15 is 0 Å². The van der Waals surface area contributed by atoms with Crippen LogP contribution in [0.4, 0.5) is 5.82 Å². The van der Waals surface area contributed by atoms with Gasteiger partial charge in [0.05, 0.1) is 18.8 Å². The van der Waals surface area contributed by atoms with Gasteiger partial charge in [0.1, 0.15) is 5.82 Å². The first kappa shape index (κ1) is 17.9. The van der Waals surface area contributed by atoms with Crippen molar-refractivity contribution in [3.63, 3.8) is 0 Å². The number of hydrogen-bond acceptors (Lipinski definition) is 5. The number of amides is 1. The second kappa shape index (κ2) is 8.97. The van der Waals surface area contributed by atoms with Crippen LogP contribution in [0.2, 0.25) is 0 Å². The normalized spacial score (nSPS) is 21.8. The molecule has 2 aliphatic heterocycles. The van der Waals surface area contributed by atoms with Crippen LogP contribution in [-0.4, -0.2) is 68.3 Å². The SMILES string of the molecule is C=CCNC(=O)c1ccc(N2CCCC(CN3CCOCC3)C2)nc1. The third kappa shape index (κ3) is 5.03. The molecule has 1 amide bonds. The molecule has 1 aromatic heterocycles. The number of aromatic nitrogens is 1. The molecule has 0 bridgehead atoms. The van der Waals surface area contributed by atoms with E-state index in [-0.39, 0.29) is 5.91 Å². The first-order chi connectivity index (χ1) is 12.3. The van der Waals surface area contributed by atoms with Crippen molar-refractivity contribution in [3.8, 4) is 0 Å². The molecule has 1 unspecified atom stereocenters. The summed E-state index contributed by atoms with van der Waals surface area (Å²) < 4.78 is 5.43. The Morgan fingerprint density at radius 1 is 1.36 bits per heavy atom. The van der Waals surface area contributed by atoms with Crippen molar-refractivity contribution in [1.29, 1.82) is 0 Å². The number of nitrogens with zero attached hydrogens (tertiary/aromatic N) is 3. The molecule has 2 fully saturated rings. The highest BCUT2D eigenvalue weighted by Gasteiger charge is 2.24. The third-order valence-corrected chi connectivity index (χ3v) is 4.88. The minimum Gasteiger partial charge on any atom is -0.379 e. The van der Waals surface area contributed by atoms with Gasteiger partial charge in [-0.2, -0.15) is 0 Å². The lowest BCUT2D eigenvalue weighted by Gasteiger charge is -2.37. The van der Waals surface area contributed by atoms with E-state index in [0.29, 0.717) is 18.0 Å². The van der Waals surface area contributed by atoms with Gasteiger partial charge in [-0.15, -0.1) is 6.58 Å². The number of carbonyl (C=O) groups excluding carboxylic acids is 1. The van der Waals surface area contributed by atoms with Gasteiger partial charge in [-0.05, 0) is 30.9 Å². The first-order valence-corrected chi connectivity index (χ1v) is 9.16. The highest BCUT2D eigenvalue weighted by atomic mass is 16.5. The smallest absolute Gasteiger partial charge is 0.253 e. The Morgan fingerprint density at radius 3 is 2.92 bits per heavy atom. The Morgan fingerprint density at radius 2 is 2.20 bits per heavy atom. The number of pyridine rings is 1. The fraction of sp³-hybridized carbons (Fsp3) is 0.579. The molecule has 0 aliphatic carbocycles. The Kier molecular flexibility index (Phi) is 6.42. The quantitative estimate of drug-likeness (QED) is 0.794. The molecular weight excluding hydrogens is 316 g/mol. The number of hydrogen-bond donors (Lipinski definition) is 1. The molecule has 2 saturated heterocycles. The van der Waals surface area contributed by atoms with E-state index in [1.165, 1.54) is 12.8 Å². The summed E-state index contributed by atoms with van der Waals surface area (Å²) in [5.41, 5.74) is 0.590. The second-order valence-electron chi connectivity index (χ2n) is 6.77. The van der Waals surface area contributed by atoms with E-state index < -0.39 is 0 Å². The maximum absolute atomic E-state index is 11.9. The topological polar surface area (TPSA) is 57.7 Å². The lowest BCUT2D eigenvalue weighted by Crippen LogP contribution is -2.44. The minimum atomic E-state index is -0.109. The van der Waals surface area contributed by atoms with Gasteiger partial charge in [-0.25, -0.2) is 4.98 Å². The number of rotatable bonds is 6. The average molecular weight is 344 g/mol. The van der Waals surface area contributed by atoms with Crippen LogP contribution < -0.4 is 10.2 Å². The Balaban J connectivity index is 1.55. The fourth-order valence-electron chi connectivity index (χ4n) is 3.55. The maximum Gasteiger partial charge on any atom is 0.253 e. The van der Waals surface area contributed by atoms with Crippen molar-refractivity contribution in [2.75, 3.05) is 57.4 Å². The van der Waals surface area contributed by atoms with E-state index in [0.717, 1.165) is 51.8 Å². The van der Waals surface area contributed by atoms with Crippen LogP contribution in [0.25, 0.3) is 0 Å². The van der Waals surface area contributed by atoms with Crippen molar-refractivity contribution in [1.82, 2.24) is 15.2 Å². The zero-order chi connectivity index (χ0) is 17.5. The summed E-state index contributed by atoms with van der Waals surface area (Å²) in [5.74, 6) is 1.53. The van der Waals surface area contributed by atoms with Gasteiger partial charge in [0.15, 0.2) is 0 Å². The van der Waals surface area contributed by atoms with Gasteiger partial charge in [0, 0.05) is 45.5 Å². The van der Waals surface area contributed by atoms with Crippen LogP contribution >= 0.6 is 0 Å². The van der Waals surface area contributed by atoms with Crippen LogP contribution in [0.5, 0.6) is 0 Å². The highest BCUT2D eigenvalue weighted by Crippen LogP contribution is 2.22. The summed E-state index contributed by atoms with van der Waals surface area (Å²) in [7, 11) is 0. The van der Waals surface area contributed by atoms with Gasteiger partial charge in [-0.3, -0.25) is 9.69 Å². The fourth-order valence-corrected chi connectivity index (χ4v) is 3.55. The van der Waals surface area contributed by atoms with Crippen molar-refractivity contribution in [2.45, 2.75) is 12.8 Å². The van der Waals surface area contributed by atoms with Crippen LogP contribution in [0.3, 0.4) is 0 Å². The molecule has 6 heteroatoms. The van der Waals surface area contributed by atoms with E-state index in [1.807, 2.05) is 12.1 Å². The summed E-state index contributed by atoms with van der Waals surface area (Å²) in [6.45, 7) is 11.1. The predicted octanol–water partition coefficient (Wildman–Crippen LogP) is 1.55. The molecule has 3 rings (SSSR count). The molecule has 0 aromatic carbocycles. The van der Waals surface area contributed by atoms with Crippen molar-refractivity contribution in [2.24, 2.45) is 5.92 Å². The summed E-state index contributed by atoms with van der Waals surface area (Å²) in [5, 5.41) is 2.77. The summed E-state index contributed by atoms with van der Waals surface area (Å²) in [6, 6.07) is 3.81. The molecular formula is C19H28N4O2. The standard InChI is InChI=1S/C19H28N4O2/c1-2-7-20-19(24)17-5-6-18(21-13-17)23-8-3-4-16(15-23)14-22-9-11-25-12-10-22/h2,5-6,13,16H,1,3-4,7-12,14-15H2,(H,20,24). The lowest BCUT2D eigenvalue weighted by atomic mass is 9.97. The molecule has 0 saturated carbocycles. The van der Waals surface area contributed by atoms with Crippen molar-refractivity contribution < 1.29 is 9.53 Å². The molecule has 1 N–H and O–H groups in total. The summed E-state index contributed by atoms with van der Waals surface area (Å²) in [6.07, 6.45) is 5.80. The molecule has 1 aromatic rings. The van der Waals surface area contributed by atoms with E-state index in [1.54, 1.807) is 12.3 Å². The molecule has 136 valence electrons. The molecule has 3 heterocycles. The lowest BCUT2D eigenvalue weighted by molar-refractivity contribution is 0.0296. The van der Waals surface area contributed by atoms with Crippen LogP contribution in [0.1, 0.15) is 23.2 Å². The van der Waals surface area contributed by atoms with E-state index in [4.69, 9.17) is 4.74 Å². The largest absolute Gasteiger partial charge is 0.379 e. The predicted molar refractivity (Wildman–Crippen MR) is 99.0 cm³/mol. The second-order valence-corrected chi connectivity index (χ2v) is 6.77. The number of morpholine rings is 1. The number of anilines is 1. The molecule has 6 nitrogen and oxygen atoms in total. The Bertz CT molecular complexity index is 569. The monoisotopic (exact) mass is 344 g/mol. The van der Waals surface area contributed by atoms with Crippen molar-refractivity contribution in [3.05, 3.63) is 36.5 Å². The molecule has 1 atom stereocenters. The van der Waals surface area contributed by atoms with Gasteiger partial charge in [-0.1, -0.05) is 6.08 Å². The van der Waals surface area contributed by atoms with Crippen LogP contribution in [-0.2, 0) is 4.74 Å². The Labute approximate surface area is 149 Å². The highest BCUT2D eigenvalue weighted by molar-refractivity contribution is 5.94. The number of ether oxygens (including phenoxy) is 1. The zero-order valence-corrected chi connectivity index (χ0v) is 14.8. The van der Waals surface area contributed by atoms with Crippen molar-refractivity contribution >= 4 is 11.7 Å².